The highest BCUT2D eigenvalue weighted by Gasteiger charge is 2.11. The zero-order chi connectivity index (χ0) is 13.4. The first-order valence-electron chi connectivity index (χ1n) is 6.29. The number of nitrogens with one attached hydrogen (secondary N) is 1. The predicted octanol–water partition coefficient (Wildman–Crippen LogP) is 0.658. The third-order valence-corrected chi connectivity index (χ3v) is 2.99. The van der Waals surface area contributed by atoms with Crippen molar-refractivity contribution in [2.24, 2.45) is 0 Å². The molecule has 0 saturated carbocycles. The van der Waals surface area contributed by atoms with Crippen LogP contribution in [0.3, 0.4) is 0 Å². The van der Waals surface area contributed by atoms with E-state index in [0.717, 1.165) is 12.0 Å². The lowest BCUT2D eigenvalue weighted by molar-refractivity contribution is -0.128. The maximum Gasteiger partial charge on any atom is 0.236 e. The fourth-order valence-electron chi connectivity index (χ4n) is 1.64. The van der Waals surface area contributed by atoms with E-state index in [4.69, 9.17) is 0 Å². The zero-order valence-electron chi connectivity index (χ0n) is 11.1. The van der Waals surface area contributed by atoms with Crippen LogP contribution in [0.15, 0.2) is 30.3 Å². The number of nitrogens with zero attached hydrogens (tertiary/aromatic N) is 1. The van der Waals surface area contributed by atoms with Crippen LogP contribution in [-0.4, -0.2) is 48.7 Å². The summed E-state index contributed by atoms with van der Waals surface area (Å²) < 4.78 is 0. The molecule has 1 atom stereocenters. The number of aliphatic hydroxyl groups is 1. The number of hydrogen-bond donors (Lipinski definition) is 2. The summed E-state index contributed by atoms with van der Waals surface area (Å²) in [4.78, 5) is 13.3. The lowest BCUT2D eigenvalue weighted by Gasteiger charge is -2.19. The molecule has 100 valence electrons. The molecule has 0 spiro atoms. The number of amides is 1. The Morgan fingerprint density at radius 2 is 2.06 bits per heavy atom. The zero-order valence-corrected chi connectivity index (χ0v) is 11.1. The Hall–Kier alpha value is -1.39. The number of aliphatic hydroxyl groups excluding tert-OH is 1. The molecule has 0 saturated heterocycles. The lowest BCUT2D eigenvalue weighted by atomic mass is 10.1. The number of carbonyl (C=O) groups is 1. The predicted molar refractivity (Wildman–Crippen MR) is 72.3 cm³/mol. The molecule has 0 aliphatic rings. The summed E-state index contributed by atoms with van der Waals surface area (Å²) in [6.45, 7) is 2.93. The van der Waals surface area contributed by atoms with Crippen molar-refractivity contribution in [2.75, 3.05) is 26.7 Å². The topological polar surface area (TPSA) is 52.6 Å². The Bertz CT molecular complexity index is 354. The van der Waals surface area contributed by atoms with Crippen LogP contribution in [0.25, 0.3) is 0 Å². The van der Waals surface area contributed by atoms with Crippen LogP contribution in [0, 0.1) is 0 Å². The summed E-state index contributed by atoms with van der Waals surface area (Å²) in [6, 6.07) is 9.86. The molecule has 0 radical (unpaired) electrons. The monoisotopic (exact) mass is 250 g/mol. The van der Waals surface area contributed by atoms with Gasteiger partial charge in [-0.3, -0.25) is 4.79 Å². The van der Waals surface area contributed by atoms with Crippen molar-refractivity contribution >= 4 is 5.91 Å². The van der Waals surface area contributed by atoms with Crippen molar-refractivity contribution in [1.29, 1.82) is 0 Å². The van der Waals surface area contributed by atoms with Gasteiger partial charge in [-0.05, 0) is 18.9 Å². The van der Waals surface area contributed by atoms with E-state index >= 15 is 0 Å². The van der Waals surface area contributed by atoms with Gasteiger partial charge in [-0.2, -0.15) is 0 Å². The number of benzene rings is 1. The minimum atomic E-state index is -0.0818. The molecule has 4 nitrogen and oxygen atoms in total. The van der Waals surface area contributed by atoms with Crippen LogP contribution in [-0.2, 0) is 11.2 Å². The third kappa shape index (κ3) is 4.85. The van der Waals surface area contributed by atoms with Gasteiger partial charge in [0.1, 0.15) is 0 Å². The van der Waals surface area contributed by atoms with Gasteiger partial charge >= 0.3 is 0 Å². The summed E-state index contributed by atoms with van der Waals surface area (Å²) in [5, 5.41) is 12.4. The number of hydrogen-bond acceptors (Lipinski definition) is 3. The highest BCUT2D eigenvalue weighted by Crippen LogP contribution is 2.02. The molecule has 1 amide bonds. The van der Waals surface area contributed by atoms with Crippen LogP contribution in [0.1, 0.15) is 12.5 Å². The summed E-state index contributed by atoms with van der Waals surface area (Å²) in [5.41, 5.74) is 1.15. The SMILES string of the molecule is CCN(C)C(=O)CNC(CO)Cc1ccccc1. The molecule has 0 heterocycles. The van der Waals surface area contributed by atoms with Gasteiger partial charge in [-0.15, -0.1) is 0 Å². The second-order valence-electron chi connectivity index (χ2n) is 4.36. The van der Waals surface area contributed by atoms with Gasteiger partial charge in [-0.25, -0.2) is 0 Å². The van der Waals surface area contributed by atoms with Gasteiger partial charge in [0.05, 0.1) is 13.2 Å². The maximum absolute atomic E-state index is 11.6. The Morgan fingerprint density at radius 3 is 2.61 bits per heavy atom. The van der Waals surface area contributed by atoms with Crippen molar-refractivity contribution in [3.63, 3.8) is 0 Å². The lowest BCUT2D eigenvalue weighted by Crippen LogP contribution is -2.42. The molecule has 0 bridgehead atoms. The van der Waals surface area contributed by atoms with E-state index in [0.29, 0.717) is 6.54 Å². The number of likely N-dealkylation sites (N-methyl/N-ethyl adjacent to an activating group) is 1. The van der Waals surface area contributed by atoms with E-state index < -0.39 is 0 Å². The molecule has 4 heteroatoms. The van der Waals surface area contributed by atoms with Crippen molar-refractivity contribution in [3.05, 3.63) is 35.9 Å². The average Bonchev–Trinajstić information content (AvgIpc) is 2.43. The van der Waals surface area contributed by atoms with Gasteiger partial charge in [-0.1, -0.05) is 30.3 Å². The minimum Gasteiger partial charge on any atom is -0.395 e. The van der Waals surface area contributed by atoms with E-state index in [9.17, 15) is 9.90 Å². The first kappa shape index (κ1) is 14.7. The van der Waals surface area contributed by atoms with E-state index in [1.165, 1.54) is 0 Å². The van der Waals surface area contributed by atoms with E-state index in [1.807, 2.05) is 37.3 Å². The summed E-state index contributed by atoms with van der Waals surface area (Å²) in [6.07, 6.45) is 0.723. The second kappa shape index (κ2) is 7.84. The first-order chi connectivity index (χ1) is 8.67. The molecule has 18 heavy (non-hydrogen) atoms. The fraction of sp³-hybridized carbons (Fsp3) is 0.500. The second-order valence-corrected chi connectivity index (χ2v) is 4.36. The van der Waals surface area contributed by atoms with Crippen LogP contribution >= 0.6 is 0 Å². The minimum absolute atomic E-state index is 0.0258. The van der Waals surface area contributed by atoms with Crippen molar-refractivity contribution < 1.29 is 9.90 Å². The van der Waals surface area contributed by atoms with Gasteiger partial charge in [0.15, 0.2) is 0 Å². The molecule has 0 aromatic heterocycles. The molecule has 1 rings (SSSR count). The van der Waals surface area contributed by atoms with Gasteiger partial charge in [0.2, 0.25) is 5.91 Å². The van der Waals surface area contributed by atoms with E-state index in [-0.39, 0.29) is 25.1 Å². The number of rotatable bonds is 7. The van der Waals surface area contributed by atoms with Gasteiger partial charge in [0, 0.05) is 19.6 Å². The standard InChI is InChI=1S/C14H22N2O2/c1-3-16(2)14(18)10-15-13(11-17)9-12-7-5-4-6-8-12/h4-8,13,15,17H,3,9-11H2,1-2H3. The molecule has 0 aliphatic carbocycles. The largest absolute Gasteiger partial charge is 0.395 e. The van der Waals surface area contributed by atoms with Crippen LogP contribution in [0.2, 0.25) is 0 Å². The van der Waals surface area contributed by atoms with Gasteiger partial charge < -0.3 is 15.3 Å². The van der Waals surface area contributed by atoms with Crippen molar-refractivity contribution in [3.8, 4) is 0 Å². The molecule has 1 aromatic rings. The summed E-state index contributed by atoms with van der Waals surface area (Å²) >= 11 is 0. The Balaban J connectivity index is 2.41. The molecule has 2 N–H and O–H groups in total. The normalized spacial score (nSPS) is 12.2. The summed E-state index contributed by atoms with van der Waals surface area (Å²) in [5.74, 6) is 0.0454. The fourth-order valence-corrected chi connectivity index (χ4v) is 1.64. The first-order valence-corrected chi connectivity index (χ1v) is 6.29. The Labute approximate surface area is 109 Å². The number of carbonyl (C=O) groups excluding carboxylic acids is 1. The quantitative estimate of drug-likeness (QED) is 0.747. The van der Waals surface area contributed by atoms with Crippen molar-refractivity contribution in [2.45, 2.75) is 19.4 Å². The van der Waals surface area contributed by atoms with E-state index in [1.54, 1.807) is 11.9 Å². The third-order valence-electron chi connectivity index (χ3n) is 2.99. The van der Waals surface area contributed by atoms with Gasteiger partial charge in [0.25, 0.3) is 0 Å². The molecule has 0 aliphatic heterocycles. The van der Waals surface area contributed by atoms with Crippen LogP contribution in [0.5, 0.6) is 0 Å². The molecular formula is C14H22N2O2. The summed E-state index contributed by atoms with van der Waals surface area (Å²) in [7, 11) is 1.77. The van der Waals surface area contributed by atoms with Crippen LogP contribution < -0.4 is 5.32 Å². The molecule has 0 fully saturated rings. The smallest absolute Gasteiger partial charge is 0.236 e. The molecule has 1 aromatic carbocycles. The average molecular weight is 250 g/mol. The molecular weight excluding hydrogens is 228 g/mol. The highest BCUT2D eigenvalue weighted by molar-refractivity contribution is 5.77. The molecule has 1 unspecified atom stereocenters. The van der Waals surface area contributed by atoms with Crippen LogP contribution in [0.4, 0.5) is 0 Å². The Kier molecular flexibility index (Phi) is 6.39. The maximum atomic E-state index is 11.6. The highest BCUT2D eigenvalue weighted by atomic mass is 16.3. The Morgan fingerprint density at radius 1 is 1.39 bits per heavy atom. The van der Waals surface area contributed by atoms with Crippen molar-refractivity contribution in [1.82, 2.24) is 10.2 Å². The van der Waals surface area contributed by atoms with E-state index in [2.05, 4.69) is 5.32 Å².